The number of halogens is 2. The molecule has 0 N–H and O–H groups in total. The molecule has 0 bridgehead atoms. The van der Waals surface area contributed by atoms with Gasteiger partial charge in [-0.3, -0.25) is 4.90 Å². The number of hydrogen-bond donors (Lipinski definition) is 0. The molecule has 5 rings (SSSR count). The molecule has 144 valence electrons. The maximum Gasteiger partial charge on any atom is 0.135 e. The number of imidazole rings is 1. The van der Waals surface area contributed by atoms with Crippen LogP contribution >= 0.6 is 0 Å². The number of ether oxygens (including phenoxy) is 1. The summed E-state index contributed by atoms with van der Waals surface area (Å²) in [4.78, 5) is 6.71. The van der Waals surface area contributed by atoms with Gasteiger partial charge in [0.1, 0.15) is 29.7 Å². The number of rotatable bonds is 3. The van der Waals surface area contributed by atoms with E-state index >= 15 is 0 Å². The summed E-state index contributed by atoms with van der Waals surface area (Å²) in [7, 11) is 0. The molecule has 0 unspecified atom stereocenters. The first-order valence-electron chi connectivity index (χ1n) is 9.52. The maximum atomic E-state index is 14.0. The highest BCUT2D eigenvalue weighted by Crippen LogP contribution is 2.35. The van der Waals surface area contributed by atoms with Gasteiger partial charge in [-0.25, -0.2) is 13.8 Å². The summed E-state index contributed by atoms with van der Waals surface area (Å²) in [6.07, 6.45) is 2.67. The minimum atomic E-state index is -0.318. The van der Waals surface area contributed by atoms with Crippen molar-refractivity contribution in [3.8, 4) is 11.3 Å². The van der Waals surface area contributed by atoms with Gasteiger partial charge in [0.25, 0.3) is 0 Å². The predicted molar refractivity (Wildman–Crippen MR) is 101 cm³/mol. The van der Waals surface area contributed by atoms with Crippen LogP contribution in [-0.4, -0.2) is 33.1 Å². The van der Waals surface area contributed by atoms with Crippen LogP contribution < -0.4 is 0 Å². The Morgan fingerprint density at radius 2 is 1.96 bits per heavy atom. The monoisotopic (exact) mass is 381 g/mol. The Labute approximate surface area is 162 Å². The van der Waals surface area contributed by atoms with Crippen molar-refractivity contribution < 1.29 is 13.5 Å². The quantitative estimate of drug-likeness (QED) is 0.687. The molecule has 1 fully saturated rings. The van der Waals surface area contributed by atoms with Gasteiger partial charge in [-0.15, -0.1) is 0 Å². The van der Waals surface area contributed by atoms with Crippen LogP contribution in [-0.2, 0) is 24.4 Å². The maximum absolute atomic E-state index is 14.0. The average molecular weight is 381 g/mol. The molecule has 1 aromatic heterocycles. The molecule has 1 saturated heterocycles. The second kappa shape index (κ2) is 6.79. The summed E-state index contributed by atoms with van der Waals surface area (Å²) in [6.45, 7) is 3.27. The molecule has 4 nitrogen and oxygen atoms in total. The Bertz CT molecular complexity index is 1020. The van der Waals surface area contributed by atoms with E-state index in [9.17, 15) is 8.78 Å². The first-order chi connectivity index (χ1) is 13.6. The smallest absolute Gasteiger partial charge is 0.135 e. The van der Waals surface area contributed by atoms with Gasteiger partial charge < -0.3 is 9.30 Å². The highest BCUT2D eigenvalue weighted by Gasteiger charge is 2.43. The summed E-state index contributed by atoms with van der Waals surface area (Å²) < 4.78 is 36.1. The third-order valence-electron chi connectivity index (χ3n) is 5.76. The third kappa shape index (κ3) is 3.12. The Hall–Kier alpha value is -2.57. The Kier molecular flexibility index (Phi) is 4.25. The van der Waals surface area contributed by atoms with Crippen LogP contribution in [0, 0.1) is 11.6 Å². The first-order valence-corrected chi connectivity index (χ1v) is 9.52. The van der Waals surface area contributed by atoms with Gasteiger partial charge in [-0.1, -0.05) is 30.3 Å². The fourth-order valence-corrected chi connectivity index (χ4v) is 4.31. The number of likely N-dealkylation sites (tertiary alicyclic amines) is 1. The highest BCUT2D eigenvalue weighted by molar-refractivity contribution is 5.59. The molecular formula is C22H21F2N3O. The molecule has 1 spiro atoms. The van der Waals surface area contributed by atoms with Gasteiger partial charge in [-0.2, -0.15) is 0 Å². The van der Waals surface area contributed by atoms with Crippen LogP contribution in [0.25, 0.3) is 11.3 Å². The van der Waals surface area contributed by atoms with E-state index in [1.165, 1.54) is 18.2 Å². The van der Waals surface area contributed by atoms with E-state index in [0.29, 0.717) is 25.3 Å². The van der Waals surface area contributed by atoms with Gasteiger partial charge in [0.15, 0.2) is 0 Å². The van der Waals surface area contributed by atoms with E-state index in [4.69, 9.17) is 4.74 Å². The summed E-state index contributed by atoms with van der Waals surface area (Å²) >= 11 is 0. The lowest BCUT2D eigenvalue weighted by molar-refractivity contribution is -0.0821. The number of hydrogen-bond acceptors (Lipinski definition) is 3. The molecule has 2 aromatic carbocycles. The van der Waals surface area contributed by atoms with Crippen molar-refractivity contribution in [1.29, 1.82) is 0 Å². The lowest BCUT2D eigenvalue weighted by Crippen LogP contribution is -2.44. The van der Waals surface area contributed by atoms with Crippen molar-refractivity contribution in [2.24, 2.45) is 0 Å². The van der Waals surface area contributed by atoms with E-state index < -0.39 is 0 Å². The molecular weight excluding hydrogens is 360 g/mol. The van der Waals surface area contributed by atoms with E-state index in [1.54, 1.807) is 18.3 Å². The summed E-state index contributed by atoms with van der Waals surface area (Å²) in [5, 5.41) is 0. The molecule has 0 saturated carbocycles. The van der Waals surface area contributed by atoms with Gasteiger partial charge >= 0.3 is 0 Å². The van der Waals surface area contributed by atoms with Gasteiger partial charge in [-0.05, 0) is 24.6 Å². The van der Waals surface area contributed by atoms with Crippen LogP contribution in [0.1, 0.15) is 17.8 Å². The molecule has 2 aliphatic rings. The van der Waals surface area contributed by atoms with E-state index in [1.807, 2.05) is 18.2 Å². The van der Waals surface area contributed by atoms with Gasteiger partial charge in [0.05, 0.1) is 18.4 Å². The molecule has 2 aliphatic heterocycles. The van der Waals surface area contributed by atoms with Crippen molar-refractivity contribution in [3.63, 3.8) is 0 Å². The number of benzene rings is 2. The van der Waals surface area contributed by atoms with Crippen molar-refractivity contribution in [2.75, 3.05) is 13.1 Å². The molecule has 0 amide bonds. The number of aromatic nitrogens is 2. The van der Waals surface area contributed by atoms with Crippen molar-refractivity contribution in [2.45, 2.75) is 31.7 Å². The second-order valence-electron chi connectivity index (χ2n) is 7.68. The fraction of sp³-hybridized carbons (Fsp3) is 0.318. The van der Waals surface area contributed by atoms with Crippen LogP contribution in [0.3, 0.4) is 0 Å². The van der Waals surface area contributed by atoms with Crippen LogP contribution in [0.2, 0.25) is 0 Å². The highest BCUT2D eigenvalue weighted by atomic mass is 19.1. The molecule has 0 radical (unpaired) electrons. The third-order valence-corrected chi connectivity index (χ3v) is 5.76. The van der Waals surface area contributed by atoms with Crippen molar-refractivity contribution in [3.05, 3.63) is 77.8 Å². The lowest BCUT2D eigenvalue weighted by atomic mass is 10.0. The standard InChI is InChI=1S/C22H21F2N3O/c23-18-6-3-5-16(10-18)20-11-25-21-13-28-22(15-27(20)21)8-9-26(14-22)12-17-4-1-2-7-19(17)24/h1-7,10-11H,8-9,12-15H2/t22-/m0/s1. The first kappa shape index (κ1) is 17.5. The fourth-order valence-electron chi connectivity index (χ4n) is 4.31. The number of nitrogens with zero attached hydrogens (tertiary/aromatic N) is 3. The Morgan fingerprint density at radius 1 is 1.07 bits per heavy atom. The van der Waals surface area contributed by atoms with E-state index in [2.05, 4.69) is 14.5 Å². The molecule has 3 aromatic rings. The SMILES string of the molecule is Fc1cccc(-c2cnc3n2C[C@@]2(CCN(Cc4ccccc4F)C2)OC3)c1. The summed E-state index contributed by atoms with van der Waals surface area (Å²) in [5.74, 6) is 0.433. The predicted octanol–water partition coefficient (Wildman–Crippen LogP) is 4.00. The minimum absolute atomic E-state index is 0.168. The molecule has 6 heteroatoms. The van der Waals surface area contributed by atoms with Crippen molar-refractivity contribution in [1.82, 2.24) is 14.5 Å². The summed E-state index contributed by atoms with van der Waals surface area (Å²) in [6, 6.07) is 13.5. The second-order valence-corrected chi connectivity index (χ2v) is 7.68. The zero-order chi connectivity index (χ0) is 19.1. The lowest BCUT2D eigenvalue weighted by Gasteiger charge is -2.35. The van der Waals surface area contributed by atoms with E-state index in [-0.39, 0.29) is 17.2 Å². The Morgan fingerprint density at radius 3 is 2.82 bits per heavy atom. The van der Waals surface area contributed by atoms with Gasteiger partial charge in [0.2, 0.25) is 0 Å². The molecule has 3 heterocycles. The van der Waals surface area contributed by atoms with Gasteiger partial charge in [0, 0.05) is 30.8 Å². The zero-order valence-electron chi connectivity index (χ0n) is 15.4. The minimum Gasteiger partial charge on any atom is -0.364 e. The van der Waals surface area contributed by atoms with Crippen LogP contribution in [0.4, 0.5) is 8.78 Å². The molecule has 28 heavy (non-hydrogen) atoms. The average Bonchev–Trinajstić information content (AvgIpc) is 3.28. The number of fused-ring (bicyclic) bond motifs is 1. The van der Waals surface area contributed by atoms with E-state index in [0.717, 1.165) is 36.6 Å². The summed E-state index contributed by atoms with van der Waals surface area (Å²) in [5.41, 5.74) is 2.11. The molecule has 1 atom stereocenters. The van der Waals surface area contributed by atoms with Crippen LogP contribution in [0.15, 0.2) is 54.7 Å². The normalized spacial score (nSPS) is 21.9. The molecule has 0 aliphatic carbocycles. The topological polar surface area (TPSA) is 30.3 Å². The largest absolute Gasteiger partial charge is 0.364 e. The van der Waals surface area contributed by atoms with Crippen molar-refractivity contribution >= 4 is 0 Å². The Balaban J connectivity index is 1.37. The zero-order valence-corrected chi connectivity index (χ0v) is 15.4. The van der Waals surface area contributed by atoms with Crippen LogP contribution in [0.5, 0.6) is 0 Å².